The van der Waals surface area contributed by atoms with Crippen LogP contribution in [0.2, 0.25) is 0 Å². The maximum absolute atomic E-state index is 13.4. The Morgan fingerprint density at radius 1 is 0.398 bits per heavy atom. The largest absolute Gasteiger partial charge is 0.394 e. The van der Waals surface area contributed by atoms with Crippen molar-refractivity contribution >= 4 is 5.91 Å². The highest BCUT2D eigenvalue weighted by atomic mass is 16.7. The van der Waals surface area contributed by atoms with Crippen LogP contribution in [0.5, 0.6) is 0 Å². The summed E-state index contributed by atoms with van der Waals surface area (Å²) >= 11 is 0. The Kier molecular flexibility index (Phi) is 56.9. The topological polar surface area (TPSA) is 228 Å². The summed E-state index contributed by atoms with van der Waals surface area (Å²) in [6, 6.07) is -0.925. The van der Waals surface area contributed by atoms with Gasteiger partial charge in [0.1, 0.15) is 48.8 Å². The minimum absolute atomic E-state index is 0.245. The van der Waals surface area contributed by atoms with Crippen LogP contribution in [0.3, 0.4) is 0 Å². The van der Waals surface area contributed by atoms with Crippen molar-refractivity contribution in [1.29, 1.82) is 0 Å². The first-order valence-corrected chi connectivity index (χ1v) is 37.3. The van der Waals surface area contributed by atoms with Gasteiger partial charge in [-0.2, -0.15) is 0 Å². The zero-order valence-electron chi connectivity index (χ0n) is 58.2. The molecule has 2 aliphatic rings. The third-order valence-electron chi connectivity index (χ3n) is 17.4. The lowest BCUT2D eigenvalue weighted by Crippen LogP contribution is -2.65. The van der Waals surface area contributed by atoms with E-state index in [0.29, 0.717) is 6.42 Å². The number of hydrogen-bond donors (Lipinski definition) is 9. The Morgan fingerprint density at radius 2 is 0.742 bits per heavy atom. The number of carbonyl (C=O) groups is 1. The number of carbonyl (C=O) groups excluding carboxylic acids is 1. The zero-order valence-corrected chi connectivity index (χ0v) is 58.2. The number of aliphatic hydroxyl groups is 8. The summed E-state index contributed by atoms with van der Waals surface area (Å²) in [5, 5.41) is 87.5. The smallest absolute Gasteiger partial charge is 0.220 e. The minimum Gasteiger partial charge on any atom is -0.394 e. The van der Waals surface area contributed by atoms with Crippen molar-refractivity contribution < 1.29 is 64.6 Å². The molecule has 534 valence electrons. The fourth-order valence-electron chi connectivity index (χ4n) is 11.5. The molecular weight excluding hydrogens is 1170 g/mol. The summed E-state index contributed by atoms with van der Waals surface area (Å²) in [5.74, 6) is -0.245. The number of hydrogen-bond acceptors (Lipinski definition) is 13. The molecule has 12 unspecified atom stereocenters. The van der Waals surface area contributed by atoms with Gasteiger partial charge in [-0.1, -0.05) is 302 Å². The van der Waals surface area contributed by atoms with Gasteiger partial charge in [-0.25, -0.2) is 0 Å². The molecular formula is C79H135NO13. The van der Waals surface area contributed by atoms with Crippen molar-refractivity contribution in [3.8, 4) is 0 Å². The third-order valence-corrected chi connectivity index (χ3v) is 17.4. The number of rotatable bonds is 60. The predicted octanol–water partition coefficient (Wildman–Crippen LogP) is 16.1. The monoisotopic (exact) mass is 1310 g/mol. The van der Waals surface area contributed by atoms with Crippen molar-refractivity contribution in [3.63, 3.8) is 0 Å². The van der Waals surface area contributed by atoms with E-state index in [1.54, 1.807) is 6.08 Å². The van der Waals surface area contributed by atoms with E-state index in [4.69, 9.17) is 18.9 Å². The molecule has 93 heavy (non-hydrogen) atoms. The summed E-state index contributed by atoms with van der Waals surface area (Å²) in [7, 11) is 0. The fourth-order valence-corrected chi connectivity index (χ4v) is 11.5. The molecule has 14 nitrogen and oxygen atoms in total. The zero-order chi connectivity index (χ0) is 67.3. The molecule has 2 heterocycles. The van der Waals surface area contributed by atoms with Crippen molar-refractivity contribution in [1.82, 2.24) is 5.32 Å². The second kappa shape index (κ2) is 61.9. The molecule has 0 spiro atoms. The van der Waals surface area contributed by atoms with E-state index in [-0.39, 0.29) is 18.9 Å². The van der Waals surface area contributed by atoms with E-state index in [1.807, 2.05) is 6.08 Å². The summed E-state index contributed by atoms with van der Waals surface area (Å²) in [5.41, 5.74) is 0. The van der Waals surface area contributed by atoms with Crippen molar-refractivity contribution in [2.45, 2.75) is 351 Å². The van der Waals surface area contributed by atoms with E-state index in [1.165, 1.54) is 148 Å². The van der Waals surface area contributed by atoms with Crippen LogP contribution in [-0.2, 0) is 23.7 Å². The van der Waals surface area contributed by atoms with Gasteiger partial charge in [0.15, 0.2) is 12.6 Å². The number of nitrogens with one attached hydrogen (secondary N) is 1. The normalized spacial score (nSPS) is 23.3. The standard InChI is InChI=1S/C79H135NO13/c1-3-5-7-9-11-13-15-17-19-21-23-25-26-27-28-29-30-31-32-33-34-35-36-37-38-39-40-41-42-43-45-47-49-51-53-55-57-59-61-63-71(84)80-67(68(83)62-60-58-56-54-52-50-48-46-44-24-22-20-18-16-14-12-10-8-6-4-2)66-90-78-76(89)74(87)77(70(65-82)92-78)93-79-75(88)73(86)72(85)69(64-81)91-79/h5,7,11,13,17,19,23,25,27-28,30-31,33-34,36-37,39-40,60,62,67-70,72-79,81-83,85-89H,3-4,6,8-10,12,14-16,18,20-22,24,26,29,32,35,38,41-59,61,63-66H2,1-2H3,(H,80,84)/b7-5-,13-11-,19-17-,25-23-,28-27-,31-30-,34-33-,37-36-,40-39-,62-60+. The average molecular weight is 1310 g/mol. The van der Waals surface area contributed by atoms with Crippen LogP contribution in [0.4, 0.5) is 0 Å². The first kappa shape index (κ1) is 85.5. The third kappa shape index (κ3) is 45.5. The van der Waals surface area contributed by atoms with Crippen LogP contribution in [0.15, 0.2) is 122 Å². The molecule has 0 radical (unpaired) electrons. The van der Waals surface area contributed by atoms with Crippen LogP contribution in [0.1, 0.15) is 277 Å². The highest BCUT2D eigenvalue weighted by Crippen LogP contribution is 2.30. The van der Waals surface area contributed by atoms with Gasteiger partial charge >= 0.3 is 0 Å². The molecule has 2 aliphatic heterocycles. The molecule has 1 amide bonds. The van der Waals surface area contributed by atoms with E-state index in [0.717, 1.165) is 103 Å². The highest BCUT2D eigenvalue weighted by Gasteiger charge is 2.51. The maximum atomic E-state index is 13.4. The van der Waals surface area contributed by atoms with Gasteiger partial charge in [0, 0.05) is 6.42 Å². The first-order valence-electron chi connectivity index (χ1n) is 37.3. The summed E-state index contributed by atoms with van der Waals surface area (Å²) in [6.07, 6.45) is 73.9. The van der Waals surface area contributed by atoms with Crippen molar-refractivity contribution in [2.75, 3.05) is 19.8 Å². The average Bonchev–Trinajstić information content (AvgIpc) is 0.854. The molecule has 2 saturated heterocycles. The van der Waals surface area contributed by atoms with Crippen LogP contribution in [0, 0.1) is 0 Å². The van der Waals surface area contributed by atoms with Crippen LogP contribution < -0.4 is 5.32 Å². The van der Waals surface area contributed by atoms with Gasteiger partial charge in [-0.15, -0.1) is 0 Å². The molecule has 14 heteroatoms. The molecule has 0 aliphatic carbocycles. The second-order valence-electron chi connectivity index (χ2n) is 25.7. The number of amides is 1. The molecule has 9 N–H and O–H groups in total. The summed E-state index contributed by atoms with van der Waals surface area (Å²) in [4.78, 5) is 13.4. The molecule has 12 atom stereocenters. The van der Waals surface area contributed by atoms with E-state index in [9.17, 15) is 45.6 Å². The SMILES string of the molecule is CC/C=C\C/C=C\C/C=C\C/C=C\C/C=C\C/C=C\C/C=C\C/C=C\C/C=C\CCCCCCCCCCCCCC(=O)NC(COC1OC(CO)C(OC2OC(CO)C(O)C(O)C2O)C(O)C1O)C(O)/C=C/CCCCCCCCCCCCCCCCCCCC. The van der Waals surface area contributed by atoms with Crippen molar-refractivity contribution in [3.05, 3.63) is 122 Å². The highest BCUT2D eigenvalue weighted by molar-refractivity contribution is 5.76. The van der Waals surface area contributed by atoms with Gasteiger partial charge in [-0.3, -0.25) is 4.79 Å². The number of ether oxygens (including phenoxy) is 4. The lowest BCUT2D eigenvalue weighted by Gasteiger charge is -2.46. The lowest BCUT2D eigenvalue weighted by molar-refractivity contribution is -0.359. The molecule has 0 aromatic carbocycles. The fraction of sp³-hybridized carbons (Fsp3) is 0.734. The van der Waals surface area contributed by atoms with E-state index < -0.39 is 86.8 Å². The minimum atomic E-state index is -1.79. The Balaban J connectivity index is 1.63. The van der Waals surface area contributed by atoms with Gasteiger partial charge in [0.2, 0.25) is 5.91 Å². The lowest BCUT2D eigenvalue weighted by atomic mass is 9.97. The van der Waals surface area contributed by atoms with Crippen LogP contribution >= 0.6 is 0 Å². The molecule has 2 fully saturated rings. The maximum Gasteiger partial charge on any atom is 0.220 e. The molecule has 0 saturated carbocycles. The van der Waals surface area contributed by atoms with Gasteiger partial charge in [-0.05, 0) is 89.9 Å². The van der Waals surface area contributed by atoms with Crippen LogP contribution in [-0.4, -0.2) is 140 Å². The number of allylic oxidation sites excluding steroid dienone is 19. The Labute approximate surface area is 565 Å². The van der Waals surface area contributed by atoms with Gasteiger partial charge in [0.25, 0.3) is 0 Å². The Bertz CT molecular complexity index is 2030. The number of aliphatic hydroxyl groups excluding tert-OH is 8. The van der Waals surface area contributed by atoms with E-state index in [2.05, 4.69) is 129 Å². The summed E-state index contributed by atoms with van der Waals surface area (Å²) < 4.78 is 22.9. The quantitative estimate of drug-likeness (QED) is 0.0204. The van der Waals surface area contributed by atoms with Crippen molar-refractivity contribution in [2.24, 2.45) is 0 Å². The first-order chi connectivity index (χ1) is 45.6. The molecule has 2 rings (SSSR count). The Hall–Kier alpha value is -3.61. The predicted molar refractivity (Wildman–Crippen MR) is 382 cm³/mol. The van der Waals surface area contributed by atoms with Gasteiger partial charge < -0.3 is 65.1 Å². The molecule has 0 aromatic rings. The van der Waals surface area contributed by atoms with E-state index >= 15 is 0 Å². The second-order valence-corrected chi connectivity index (χ2v) is 25.7. The van der Waals surface area contributed by atoms with Crippen LogP contribution in [0.25, 0.3) is 0 Å². The molecule has 0 bridgehead atoms. The van der Waals surface area contributed by atoms with Gasteiger partial charge in [0.05, 0.1) is 32.0 Å². The summed E-state index contributed by atoms with van der Waals surface area (Å²) in [6.45, 7) is 2.70. The molecule has 0 aromatic heterocycles. The Morgan fingerprint density at radius 3 is 1.14 bits per heavy atom. The number of unbranched alkanes of at least 4 members (excludes halogenated alkanes) is 29.